The summed E-state index contributed by atoms with van der Waals surface area (Å²) in [6, 6.07) is 10.9. The van der Waals surface area contributed by atoms with E-state index >= 15 is 0 Å². The van der Waals surface area contributed by atoms with Crippen LogP contribution in [0.1, 0.15) is 11.6 Å². The van der Waals surface area contributed by atoms with Crippen molar-refractivity contribution in [3.05, 3.63) is 51.5 Å². The number of aromatic hydroxyl groups is 1. The van der Waals surface area contributed by atoms with Gasteiger partial charge in [-0.15, -0.1) is 0 Å². The lowest BCUT2D eigenvalue weighted by Crippen LogP contribution is -2.12. The molecule has 1 atom stereocenters. The summed E-state index contributed by atoms with van der Waals surface area (Å²) < 4.78 is 6.49. The van der Waals surface area contributed by atoms with Crippen molar-refractivity contribution in [1.82, 2.24) is 0 Å². The summed E-state index contributed by atoms with van der Waals surface area (Å²) in [4.78, 5) is 0. The Morgan fingerprint density at radius 2 is 2.11 bits per heavy atom. The summed E-state index contributed by atoms with van der Waals surface area (Å²) in [6.07, 6.45) is 0. The zero-order chi connectivity index (χ0) is 13.4. The van der Waals surface area contributed by atoms with Crippen molar-refractivity contribution in [2.24, 2.45) is 0 Å². The van der Waals surface area contributed by atoms with Gasteiger partial charge in [-0.2, -0.15) is 0 Å². The highest BCUT2D eigenvalue weighted by molar-refractivity contribution is 9.10. The monoisotopic (exact) mass is 339 g/mol. The average molecular weight is 341 g/mol. The van der Waals surface area contributed by atoms with Crippen molar-refractivity contribution in [3.63, 3.8) is 0 Å². The molecule has 1 heterocycles. The van der Waals surface area contributed by atoms with Crippen LogP contribution in [0.5, 0.6) is 11.5 Å². The van der Waals surface area contributed by atoms with Gasteiger partial charge in [-0.05, 0) is 30.3 Å². The number of benzene rings is 2. The fourth-order valence-electron chi connectivity index (χ4n) is 2.11. The number of hydrogen-bond acceptors (Lipinski definition) is 3. The summed E-state index contributed by atoms with van der Waals surface area (Å²) in [5.41, 5.74) is 1.89. The van der Waals surface area contributed by atoms with Crippen molar-refractivity contribution in [1.29, 1.82) is 0 Å². The molecule has 1 unspecified atom stereocenters. The first-order valence-electron chi connectivity index (χ1n) is 5.81. The van der Waals surface area contributed by atoms with Crippen LogP contribution in [0.4, 0.5) is 5.69 Å². The van der Waals surface area contributed by atoms with Crippen LogP contribution in [0, 0.1) is 0 Å². The molecule has 0 radical (unpaired) electrons. The van der Waals surface area contributed by atoms with E-state index in [1.165, 1.54) is 0 Å². The Bertz CT molecular complexity index is 633. The molecule has 3 rings (SSSR count). The highest BCUT2D eigenvalue weighted by Gasteiger charge is 2.24. The molecule has 0 amide bonds. The number of rotatable bonds is 2. The molecule has 0 spiro atoms. The minimum atomic E-state index is 0.0364. The van der Waals surface area contributed by atoms with E-state index in [1.807, 2.05) is 24.3 Å². The summed E-state index contributed by atoms with van der Waals surface area (Å²) in [7, 11) is 0. The fraction of sp³-hybridized carbons (Fsp3) is 0.143. The number of anilines is 1. The molecular weight excluding hydrogens is 330 g/mol. The van der Waals surface area contributed by atoms with Gasteiger partial charge in [-0.3, -0.25) is 0 Å². The number of phenolic OH excluding ortho intramolecular Hbond substituents is 1. The largest absolute Gasteiger partial charge is 0.508 e. The van der Waals surface area contributed by atoms with Crippen LogP contribution >= 0.6 is 27.5 Å². The van der Waals surface area contributed by atoms with Crippen molar-refractivity contribution in [2.75, 3.05) is 11.9 Å². The van der Waals surface area contributed by atoms with Crippen LogP contribution in [0.15, 0.2) is 40.9 Å². The quantitative estimate of drug-likeness (QED) is 0.854. The Hall–Kier alpha value is -1.39. The molecule has 2 aromatic rings. The number of halogens is 2. The molecule has 98 valence electrons. The van der Waals surface area contributed by atoms with E-state index in [0.717, 1.165) is 15.7 Å². The number of fused-ring (bicyclic) bond motifs is 1. The van der Waals surface area contributed by atoms with Gasteiger partial charge in [-0.25, -0.2) is 0 Å². The van der Waals surface area contributed by atoms with Crippen LogP contribution < -0.4 is 10.1 Å². The molecule has 0 aliphatic carbocycles. The summed E-state index contributed by atoms with van der Waals surface area (Å²) >= 11 is 9.56. The van der Waals surface area contributed by atoms with E-state index in [0.29, 0.717) is 17.4 Å². The number of ether oxygens (including phenoxy) is 1. The number of phenols is 1. The van der Waals surface area contributed by atoms with E-state index in [9.17, 15) is 5.11 Å². The summed E-state index contributed by atoms with van der Waals surface area (Å²) in [5, 5.41) is 13.4. The zero-order valence-electron chi connectivity index (χ0n) is 9.86. The molecule has 0 fully saturated rings. The van der Waals surface area contributed by atoms with Crippen LogP contribution in [0.25, 0.3) is 0 Å². The minimum absolute atomic E-state index is 0.0364. The molecule has 2 aromatic carbocycles. The third kappa shape index (κ3) is 2.51. The smallest absolute Gasteiger partial charge is 0.128 e. The lowest BCUT2D eigenvalue weighted by atomic mass is 10.1. The Balaban J connectivity index is 1.86. The van der Waals surface area contributed by atoms with E-state index in [4.69, 9.17) is 16.3 Å². The van der Waals surface area contributed by atoms with E-state index in [-0.39, 0.29) is 11.8 Å². The van der Waals surface area contributed by atoms with E-state index in [1.54, 1.807) is 12.1 Å². The molecule has 5 heteroatoms. The van der Waals surface area contributed by atoms with Crippen molar-refractivity contribution in [2.45, 2.75) is 6.04 Å². The molecule has 0 aromatic heterocycles. The van der Waals surface area contributed by atoms with E-state index < -0.39 is 0 Å². The van der Waals surface area contributed by atoms with Crippen LogP contribution in [0.3, 0.4) is 0 Å². The van der Waals surface area contributed by atoms with Crippen molar-refractivity contribution in [3.8, 4) is 11.5 Å². The Morgan fingerprint density at radius 1 is 1.26 bits per heavy atom. The predicted molar refractivity (Wildman–Crippen MR) is 79.1 cm³/mol. The standard InChI is InChI=1S/C14H11BrClNO2/c15-8-1-4-12(11(16)5-8)17-13-7-19-14-6-9(18)2-3-10(13)14/h1-6,13,17-18H,7H2. The van der Waals surface area contributed by atoms with Gasteiger partial charge in [0.2, 0.25) is 0 Å². The first-order chi connectivity index (χ1) is 9.13. The SMILES string of the molecule is Oc1ccc2c(c1)OCC2Nc1ccc(Br)cc1Cl. The van der Waals surface area contributed by atoms with Gasteiger partial charge in [0, 0.05) is 16.1 Å². The van der Waals surface area contributed by atoms with Crippen molar-refractivity contribution < 1.29 is 9.84 Å². The second-order valence-corrected chi connectivity index (χ2v) is 5.68. The zero-order valence-corrected chi connectivity index (χ0v) is 12.2. The maximum absolute atomic E-state index is 9.42. The van der Waals surface area contributed by atoms with Gasteiger partial charge in [0.1, 0.15) is 18.1 Å². The normalized spacial score (nSPS) is 16.8. The third-order valence-corrected chi connectivity index (χ3v) is 3.84. The highest BCUT2D eigenvalue weighted by Crippen LogP contribution is 2.38. The Morgan fingerprint density at radius 3 is 2.89 bits per heavy atom. The topological polar surface area (TPSA) is 41.5 Å². The average Bonchev–Trinajstić information content (AvgIpc) is 2.75. The van der Waals surface area contributed by atoms with Crippen LogP contribution in [-0.4, -0.2) is 11.7 Å². The number of hydrogen-bond donors (Lipinski definition) is 2. The molecule has 0 saturated carbocycles. The summed E-state index contributed by atoms with van der Waals surface area (Å²) in [6.45, 7) is 0.519. The predicted octanol–water partition coefficient (Wildman–Crippen LogP) is 4.35. The maximum atomic E-state index is 9.42. The minimum Gasteiger partial charge on any atom is -0.508 e. The fourth-order valence-corrected chi connectivity index (χ4v) is 2.84. The third-order valence-electron chi connectivity index (χ3n) is 3.04. The van der Waals surface area contributed by atoms with Gasteiger partial charge >= 0.3 is 0 Å². The molecule has 19 heavy (non-hydrogen) atoms. The van der Waals surface area contributed by atoms with Crippen molar-refractivity contribution >= 4 is 33.2 Å². The highest BCUT2D eigenvalue weighted by atomic mass is 79.9. The second kappa shape index (κ2) is 4.94. The Labute approximate surface area is 124 Å². The van der Waals surface area contributed by atoms with Gasteiger partial charge in [0.15, 0.2) is 0 Å². The molecule has 1 aliphatic rings. The van der Waals surface area contributed by atoms with Crippen LogP contribution in [0.2, 0.25) is 5.02 Å². The first kappa shape index (κ1) is 12.6. The lowest BCUT2D eigenvalue weighted by molar-refractivity contribution is 0.338. The number of nitrogens with one attached hydrogen (secondary N) is 1. The van der Waals surface area contributed by atoms with Gasteiger partial charge < -0.3 is 15.2 Å². The molecule has 2 N–H and O–H groups in total. The van der Waals surface area contributed by atoms with Gasteiger partial charge in [0.25, 0.3) is 0 Å². The first-order valence-corrected chi connectivity index (χ1v) is 6.98. The van der Waals surface area contributed by atoms with E-state index in [2.05, 4.69) is 21.2 Å². The Kier molecular flexibility index (Phi) is 3.29. The van der Waals surface area contributed by atoms with Gasteiger partial charge in [-0.1, -0.05) is 27.5 Å². The second-order valence-electron chi connectivity index (χ2n) is 4.35. The molecule has 1 aliphatic heterocycles. The van der Waals surface area contributed by atoms with Crippen LogP contribution in [-0.2, 0) is 0 Å². The lowest BCUT2D eigenvalue weighted by Gasteiger charge is -2.14. The molecule has 0 saturated heterocycles. The van der Waals surface area contributed by atoms with Gasteiger partial charge in [0.05, 0.1) is 16.8 Å². The summed E-state index contributed by atoms with van der Waals surface area (Å²) in [5.74, 6) is 0.923. The maximum Gasteiger partial charge on any atom is 0.128 e. The molecule has 0 bridgehead atoms. The molecular formula is C14H11BrClNO2. The molecule has 3 nitrogen and oxygen atoms in total.